The van der Waals surface area contributed by atoms with Gasteiger partial charge in [0.15, 0.2) is 0 Å². The van der Waals surface area contributed by atoms with Gasteiger partial charge in [-0.15, -0.1) is 0 Å². The predicted octanol–water partition coefficient (Wildman–Crippen LogP) is 1.88. The van der Waals surface area contributed by atoms with Crippen molar-refractivity contribution in [3.63, 3.8) is 0 Å². The van der Waals surface area contributed by atoms with E-state index in [1.54, 1.807) is 18.5 Å². The van der Waals surface area contributed by atoms with E-state index in [2.05, 4.69) is 42.5 Å². The van der Waals surface area contributed by atoms with Crippen molar-refractivity contribution in [2.24, 2.45) is 5.92 Å². The molecule has 41 heavy (non-hydrogen) atoms. The summed E-state index contributed by atoms with van der Waals surface area (Å²) in [6, 6.07) is 11.5. The van der Waals surface area contributed by atoms with Crippen molar-refractivity contribution in [2.45, 2.75) is 31.7 Å². The minimum absolute atomic E-state index is 0.0355. The second-order valence-corrected chi connectivity index (χ2v) is 10.3. The third-order valence-corrected chi connectivity index (χ3v) is 7.68. The third-order valence-electron chi connectivity index (χ3n) is 7.68. The molecule has 0 spiro atoms. The first-order valence-electron chi connectivity index (χ1n) is 14.1. The Morgan fingerprint density at radius 2 is 1.39 bits per heavy atom. The molecule has 0 atom stereocenters. The summed E-state index contributed by atoms with van der Waals surface area (Å²) in [4.78, 5) is 38.8. The van der Waals surface area contributed by atoms with E-state index in [4.69, 9.17) is 15.3 Å². The molecule has 2 N–H and O–H groups in total. The lowest BCUT2D eigenvalue weighted by molar-refractivity contribution is -0.146. The topological polar surface area (TPSA) is 151 Å². The SMILES string of the molecule is COC(=O)[C@H]1CC[C@H](NC(=O)N2CCN(c3ccc(C#N)cn3)CC2)CC1.N#Cc1ccc(N2CCNCC2)nc1. The molecule has 2 aromatic heterocycles. The van der Waals surface area contributed by atoms with Gasteiger partial charge >= 0.3 is 12.0 Å². The molecule has 12 nitrogen and oxygen atoms in total. The Labute approximate surface area is 240 Å². The van der Waals surface area contributed by atoms with Gasteiger partial charge < -0.3 is 30.1 Å². The molecule has 2 aliphatic heterocycles. The summed E-state index contributed by atoms with van der Waals surface area (Å²) in [6.45, 7) is 6.65. The number of methoxy groups -OCH3 is 1. The van der Waals surface area contributed by atoms with Crippen LogP contribution in [0, 0.1) is 28.6 Å². The number of piperazine rings is 2. The maximum absolute atomic E-state index is 12.5. The van der Waals surface area contributed by atoms with Gasteiger partial charge in [0.25, 0.3) is 0 Å². The molecule has 2 amide bonds. The minimum atomic E-state index is -0.146. The lowest BCUT2D eigenvalue weighted by atomic mass is 9.86. The highest BCUT2D eigenvalue weighted by atomic mass is 16.5. The van der Waals surface area contributed by atoms with Crippen LogP contribution in [0.25, 0.3) is 0 Å². The Kier molecular flexibility index (Phi) is 10.7. The zero-order chi connectivity index (χ0) is 29.0. The molecule has 0 unspecified atom stereocenters. The smallest absolute Gasteiger partial charge is 0.317 e. The van der Waals surface area contributed by atoms with Crippen molar-refractivity contribution in [1.29, 1.82) is 10.5 Å². The van der Waals surface area contributed by atoms with Gasteiger partial charge in [-0.05, 0) is 49.9 Å². The fraction of sp³-hybridized carbons (Fsp3) is 0.517. The molecule has 3 aliphatic rings. The third kappa shape index (κ3) is 8.29. The highest BCUT2D eigenvalue weighted by Crippen LogP contribution is 2.25. The molecule has 1 aliphatic carbocycles. The summed E-state index contributed by atoms with van der Waals surface area (Å²) in [5, 5.41) is 23.9. The fourth-order valence-corrected chi connectivity index (χ4v) is 5.22. The normalized spacial score (nSPS) is 20.5. The number of esters is 1. The average Bonchev–Trinajstić information content (AvgIpc) is 3.05. The molecule has 0 aromatic carbocycles. The van der Waals surface area contributed by atoms with Gasteiger partial charge in [-0.25, -0.2) is 14.8 Å². The number of pyridine rings is 2. The minimum Gasteiger partial charge on any atom is -0.469 e. The molecule has 0 bridgehead atoms. The van der Waals surface area contributed by atoms with Crippen LogP contribution < -0.4 is 20.4 Å². The van der Waals surface area contributed by atoms with Crippen LogP contribution in [0.2, 0.25) is 0 Å². The first-order valence-corrected chi connectivity index (χ1v) is 14.1. The summed E-state index contributed by atoms with van der Waals surface area (Å²) in [7, 11) is 1.42. The molecule has 5 rings (SSSR count). The molecule has 216 valence electrons. The standard InChI is InChI=1S/C19H25N5O3.C10H12N4/c1-27-18(25)15-3-5-16(6-4-15)22-19(26)24-10-8-23(9-11-24)17-7-2-14(12-20)13-21-17;11-7-9-1-2-10(13-8-9)14-5-3-12-4-6-14/h2,7,13,15-16H,3-6,8-11H2,1H3,(H,22,26);1-2,8,12H,3-6H2/t15-,16-;. The molecular weight excluding hydrogens is 522 g/mol. The van der Waals surface area contributed by atoms with Crippen LogP contribution in [-0.4, -0.2) is 92.4 Å². The number of nitriles is 2. The first-order chi connectivity index (χ1) is 20.0. The lowest BCUT2D eigenvalue weighted by Crippen LogP contribution is -2.54. The second-order valence-electron chi connectivity index (χ2n) is 10.3. The van der Waals surface area contributed by atoms with Crippen molar-refractivity contribution in [1.82, 2.24) is 25.5 Å². The Morgan fingerprint density at radius 3 is 1.85 bits per heavy atom. The van der Waals surface area contributed by atoms with E-state index in [1.807, 2.05) is 23.1 Å². The van der Waals surface area contributed by atoms with Crippen LogP contribution in [0.3, 0.4) is 0 Å². The predicted molar refractivity (Wildman–Crippen MR) is 153 cm³/mol. The molecule has 2 aromatic rings. The number of aromatic nitrogens is 2. The van der Waals surface area contributed by atoms with Crippen molar-refractivity contribution in [2.75, 3.05) is 69.3 Å². The van der Waals surface area contributed by atoms with Crippen LogP contribution in [0.4, 0.5) is 16.4 Å². The number of urea groups is 1. The summed E-state index contributed by atoms with van der Waals surface area (Å²) < 4.78 is 4.80. The molecule has 1 saturated carbocycles. The van der Waals surface area contributed by atoms with Gasteiger partial charge in [-0.1, -0.05) is 0 Å². The quantitative estimate of drug-likeness (QED) is 0.532. The van der Waals surface area contributed by atoms with E-state index < -0.39 is 0 Å². The highest BCUT2D eigenvalue weighted by molar-refractivity contribution is 5.75. The zero-order valence-corrected chi connectivity index (χ0v) is 23.5. The fourth-order valence-electron chi connectivity index (χ4n) is 5.22. The van der Waals surface area contributed by atoms with Gasteiger partial charge in [-0.2, -0.15) is 10.5 Å². The Morgan fingerprint density at radius 1 is 0.854 bits per heavy atom. The van der Waals surface area contributed by atoms with Gasteiger partial charge in [0.2, 0.25) is 0 Å². The van der Waals surface area contributed by atoms with Crippen molar-refractivity contribution in [3.8, 4) is 12.1 Å². The van der Waals surface area contributed by atoms with Crippen LogP contribution in [0.1, 0.15) is 36.8 Å². The van der Waals surface area contributed by atoms with Crippen LogP contribution >= 0.6 is 0 Å². The van der Waals surface area contributed by atoms with E-state index in [0.717, 1.165) is 63.5 Å². The molecule has 0 radical (unpaired) electrons. The van der Waals surface area contributed by atoms with Gasteiger partial charge in [0.05, 0.1) is 24.2 Å². The van der Waals surface area contributed by atoms with E-state index in [9.17, 15) is 9.59 Å². The first kappa shape index (κ1) is 29.6. The number of rotatable bonds is 4. The molecule has 4 heterocycles. The maximum Gasteiger partial charge on any atom is 0.317 e. The Hall–Kier alpha value is -4.42. The molecule has 2 saturated heterocycles. The van der Waals surface area contributed by atoms with E-state index in [1.165, 1.54) is 7.11 Å². The number of hydrogen-bond acceptors (Lipinski definition) is 10. The van der Waals surface area contributed by atoms with Gasteiger partial charge in [0, 0.05) is 70.8 Å². The number of nitrogens with one attached hydrogen (secondary N) is 2. The summed E-state index contributed by atoms with van der Waals surface area (Å²) >= 11 is 0. The largest absolute Gasteiger partial charge is 0.469 e. The number of nitrogens with zero attached hydrogens (tertiary/aromatic N) is 7. The second kappa shape index (κ2) is 14.8. The average molecular weight is 560 g/mol. The van der Waals surface area contributed by atoms with Gasteiger partial charge in [0.1, 0.15) is 23.8 Å². The number of hydrogen-bond donors (Lipinski definition) is 2. The van der Waals surface area contributed by atoms with Crippen LogP contribution in [-0.2, 0) is 9.53 Å². The van der Waals surface area contributed by atoms with Crippen molar-refractivity contribution >= 4 is 23.6 Å². The summed E-state index contributed by atoms with van der Waals surface area (Å²) in [5.41, 5.74) is 1.16. The van der Waals surface area contributed by atoms with Crippen molar-refractivity contribution < 1.29 is 14.3 Å². The lowest BCUT2D eigenvalue weighted by Gasteiger charge is -2.36. The van der Waals surface area contributed by atoms with Crippen LogP contribution in [0.15, 0.2) is 36.7 Å². The summed E-state index contributed by atoms with van der Waals surface area (Å²) in [6.07, 6.45) is 6.32. The monoisotopic (exact) mass is 559 g/mol. The zero-order valence-electron chi connectivity index (χ0n) is 23.5. The number of amides is 2. The van der Waals surface area contributed by atoms with E-state index >= 15 is 0 Å². The molecular formula is C29H37N9O3. The molecule has 12 heteroatoms. The summed E-state index contributed by atoms with van der Waals surface area (Å²) in [5.74, 6) is 1.61. The number of carbonyl (C=O) groups excluding carboxylic acids is 2. The molecule has 3 fully saturated rings. The Bertz CT molecular complexity index is 1220. The number of ether oxygens (including phenoxy) is 1. The van der Waals surface area contributed by atoms with Crippen molar-refractivity contribution in [3.05, 3.63) is 47.8 Å². The van der Waals surface area contributed by atoms with E-state index in [0.29, 0.717) is 37.3 Å². The van der Waals surface area contributed by atoms with E-state index in [-0.39, 0.29) is 24.0 Å². The number of carbonyl (C=O) groups is 2. The number of anilines is 2. The van der Waals surface area contributed by atoms with Crippen LogP contribution in [0.5, 0.6) is 0 Å². The van der Waals surface area contributed by atoms with Gasteiger partial charge in [-0.3, -0.25) is 4.79 Å². The highest BCUT2D eigenvalue weighted by Gasteiger charge is 2.29. The Balaban J connectivity index is 0.000000231. The maximum atomic E-state index is 12.5.